The molecule has 1 aliphatic rings. The van der Waals surface area contributed by atoms with E-state index in [1.807, 2.05) is 6.92 Å². The number of aromatic amines is 1. The lowest BCUT2D eigenvalue weighted by Gasteiger charge is -2.31. The summed E-state index contributed by atoms with van der Waals surface area (Å²) in [5.74, 6) is 0.257. The van der Waals surface area contributed by atoms with E-state index in [0.29, 0.717) is 41.8 Å². The Hall–Kier alpha value is -3.69. The highest BCUT2D eigenvalue weighted by Crippen LogP contribution is 2.36. The van der Waals surface area contributed by atoms with E-state index in [-0.39, 0.29) is 23.3 Å². The molecule has 1 amide bonds. The Kier molecular flexibility index (Phi) is 4.95. The van der Waals surface area contributed by atoms with Gasteiger partial charge in [0.15, 0.2) is 0 Å². The minimum Gasteiger partial charge on any atom is -0.334 e. The third kappa shape index (κ3) is 3.55. The maximum Gasteiger partial charge on any atom is 0.416 e. The fourth-order valence-corrected chi connectivity index (χ4v) is 4.45. The smallest absolute Gasteiger partial charge is 0.334 e. The van der Waals surface area contributed by atoms with Gasteiger partial charge in [-0.3, -0.25) is 14.0 Å². The standard InChI is InChI=1S/C23H20F3N5O2/c1-2-4-19-28-29-20-21(32)27-17-11-14(7-8-18(17)31(19)20)22(33)30-10-9-13-5-3-6-16(15(13)12-30)23(24,25)26/h3,5-8,11H,2,4,9-10,12H2,1H3,(H,27,32). The van der Waals surface area contributed by atoms with Gasteiger partial charge in [0.25, 0.3) is 11.5 Å². The third-order valence-electron chi connectivity index (χ3n) is 6.01. The van der Waals surface area contributed by atoms with Gasteiger partial charge in [0.05, 0.1) is 16.6 Å². The number of carbonyl (C=O) groups excluding carboxylic acids is 1. The molecule has 4 aromatic rings. The van der Waals surface area contributed by atoms with Crippen molar-refractivity contribution in [1.82, 2.24) is 24.5 Å². The lowest BCUT2D eigenvalue weighted by atomic mass is 9.94. The molecule has 2 aromatic heterocycles. The van der Waals surface area contributed by atoms with E-state index in [2.05, 4.69) is 15.2 Å². The van der Waals surface area contributed by atoms with Crippen molar-refractivity contribution >= 4 is 22.6 Å². The second-order valence-electron chi connectivity index (χ2n) is 8.13. The first-order valence-corrected chi connectivity index (χ1v) is 10.6. The molecule has 0 spiro atoms. The lowest BCUT2D eigenvalue weighted by molar-refractivity contribution is -0.138. The summed E-state index contributed by atoms with van der Waals surface area (Å²) in [6.45, 7) is 2.19. The molecular weight excluding hydrogens is 435 g/mol. The summed E-state index contributed by atoms with van der Waals surface area (Å²) >= 11 is 0. The Labute approximate surface area is 185 Å². The molecular formula is C23H20F3N5O2. The van der Waals surface area contributed by atoms with Crippen LogP contribution in [0.4, 0.5) is 13.2 Å². The molecule has 0 saturated heterocycles. The molecule has 1 aliphatic heterocycles. The van der Waals surface area contributed by atoms with E-state index in [9.17, 15) is 22.8 Å². The van der Waals surface area contributed by atoms with Gasteiger partial charge in [0.1, 0.15) is 5.82 Å². The van der Waals surface area contributed by atoms with Gasteiger partial charge in [-0.2, -0.15) is 13.2 Å². The molecule has 1 N–H and O–H groups in total. The Balaban J connectivity index is 1.53. The lowest BCUT2D eigenvalue weighted by Crippen LogP contribution is -2.37. The van der Waals surface area contributed by atoms with E-state index < -0.39 is 23.2 Å². The first-order chi connectivity index (χ1) is 15.8. The number of nitrogens with zero attached hydrogens (tertiary/aromatic N) is 4. The van der Waals surface area contributed by atoms with Crippen molar-refractivity contribution in [2.24, 2.45) is 0 Å². The van der Waals surface area contributed by atoms with Crippen molar-refractivity contribution in [3.05, 3.63) is 74.8 Å². The molecule has 33 heavy (non-hydrogen) atoms. The maximum absolute atomic E-state index is 13.5. The van der Waals surface area contributed by atoms with Crippen LogP contribution in [0.25, 0.3) is 16.7 Å². The van der Waals surface area contributed by atoms with Crippen molar-refractivity contribution in [3.8, 4) is 0 Å². The van der Waals surface area contributed by atoms with Crippen LogP contribution in [0.5, 0.6) is 0 Å². The number of fused-ring (bicyclic) bond motifs is 4. The van der Waals surface area contributed by atoms with E-state index in [0.717, 1.165) is 12.5 Å². The number of alkyl halides is 3. The number of rotatable bonds is 3. The van der Waals surface area contributed by atoms with Crippen LogP contribution in [0, 0.1) is 0 Å². The summed E-state index contributed by atoms with van der Waals surface area (Å²) in [6.07, 6.45) is -2.69. The average molecular weight is 455 g/mol. The summed E-state index contributed by atoms with van der Waals surface area (Å²) in [6, 6.07) is 8.99. The molecule has 3 heterocycles. The molecule has 0 bridgehead atoms. The first-order valence-electron chi connectivity index (χ1n) is 10.6. The number of nitrogens with one attached hydrogen (secondary N) is 1. The Morgan fingerprint density at radius 2 is 2.00 bits per heavy atom. The Morgan fingerprint density at radius 3 is 2.76 bits per heavy atom. The highest BCUT2D eigenvalue weighted by atomic mass is 19.4. The van der Waals surface area contributed by atoms with Gasteiger partial charge < -0.3 is 9.88 Å². The zero-order valence-corrected chi connectivity index (χ0v) is 17.7. The number of H-pyrrole nitrogens is 1. The van der Waals surface area contributed by atoms with Crippen LogP contribution in [0.1, 0.15) is 46.2 Å². The van der Waals surface area contributed by atoms with Gasteiger partial charge in [-0.15, -0.1) is 10.2 Å². The van der Waals surface area contributed by atoms with Gasteiger partial charge in [0, 0.05) is 25.1 Å². The first kappa shape index (κ1) is 21.2. The average Bonchev–Trinajstić information content (AvgIpc) is 3.22. The quantitative estimate of drug-likeness (QED) is 0.510. The highest BCUT2D eigenvalue weighted by molar-refractivity contribution is 5.97. The molecule has 0 atom stereocenters. The predicted molar refractivity (Wildman–Crippen MR) is 115 cm³/mol. The maximum atomic E-state index is 13.5. The predicted octanol–water partition coefficient (Wildman–Crippen LogP) is 3.74. The van der Waals surface area contributed by atoms with E-state index in [4.69, 9.17) is 0 Å². The van der Waals surface area contributed by atoms with Gasteiger partial charge in [0.2, 0.25) is 5.65 Å². The fraction of sp³-hybridized carbons (Fsp3) is 0.304. The van der Waals surface area contributed by atoms with Crippen LogP contribution in [0.2, 0.25) is 0 Å². The number of aryl methyl sites for hydroxylation is 1. The summed E-state index contributed by atoms with van der Waals surface area (Å²) < 4.78 is 42.1. The van der Waals surface area contributed by atoms with Crippen LogP contribution in [-0.2, 0) is 25.6 Å². The molecule has 0 radical (unpaired) electrons. The monoisotopic (exact) mass is 455 g/mol. The van der Waals surface area contributed by atoms with E-state index in [1.54, 1.807) is 28.7 Å². The molecule has 0 saturated carbocycles. The van der Waals surface area contributed by atoms with Crippen LogP contribution in [0.15, 0.2) is 41.2 Å². The minimum atomic E-state index is -4.49. The molecule has 5 rings (SSSR count). The Bertz CT molecular complexity index is 1450. The SMILES string of the molecule is CCCc1nnc2c(=O)[nH]c3cc(C(=O)N4CCc5cccc(C(F)(F)F)c5C4)ccc3n12. The second kappa shape index (κ2) is 7.72. The molecule has 170 valence electrons. The normalized spacial score (nSPS) is 14.1. The van der Waals surface area contributed by atoms with Gasteiger partial charge in [-0.05, 0) is 48.2 Å². The summed E-state index contributed by atoms with van der Waals surface area (Å²) in [5, 5.41) is 8.07. The summed E-state index contributed by atoms with van der Waals surface area (Å²) in [7, 11) is 0. The van der Waals surface area contributed by atoms with Crippen molar-refractivity contribution in [1.29, 1.82) is 0 Å². The number of carbonyl (C=O) groups is 1. The molecule has 0 aliphatic carbocycles. The van der Waals surface area contributed by atoms with Crippen molar-refractivity contribution < 1.29 is 18.0 Å². The highest BCUT2D eigenvalue weighted by Gasteiger charge is 2.36. The van der Waals surface area contributed by atoms with E-state index >= 15 is 0 Å². The molecule has 2 aromatic carbocycles. The molecule has 10 heteroatoms. The molecule has 0 unspecified atom stereocenters. The summed E-state index contributed by atoms with van der Waals surface area (Å²) in [4.78, 5) is 29.8. The Morgan fingerprint density at radius 1 is 1.18 bits per heavy atom. The molecule has 0 fully saturated rings. The zero-order valence-electron chi connectivity index (χ0n) is 17.7. The van der Waals surface area contributed by atoms with Crippen LogP contribution >= 0.6 is 0 Å². The van der Waals surface area contributed by atoms with Gasteiger partial charge >= 0.3 is 6.18 Å². The minimum absolute atomic E-state index is 0.121. The second-order valence-corrected chi connectivity index (χ2v) is 8.13. The number of aromatic nitrogens is 4. The van der Waals surface area contributed by atoms with E-state index in [1.165, 1.54) is 11.0 Å². The van der Waals surface area contributed by atoms with Crippen molar-refractivity contribution in [3.63, 3.8) is 0 Å². The third-order valence-corrected chi connectivity index (χ3v) is 6.01. The number of hydrogen-bond donors (Lipinski definition) is 1. The number of benzene rings is 2. The van der Waals surface area contributed by atoms with Gasteiger partial charge in [-0.1, -0.05) is 19.1 Å². The largest absolute Gasteiger partial charge is 0.416 e. The van der Waals surface area contributed by atoms with Crippen LogP contribution in [0.3, 0.4) is 0 Å². The number of hydrogen-bond acceptors (Lipinski definition) is 4. The number of halogens is 3. The summed E-state index contributed by atoms with van der Waals surface area (Å²) in [5.41, 5.74) is 1.15. The van der Waals surface area contributed by atoms with Crippen LogP contribution < -0.4 is 5.56 Å². The topological polar surface area (TPSA) is 83.4 Å². The zero-order chi connectivity index (χ0) is 23.3. The fourth-order valence-electron chi connectivity index (χ4n) is 4.45. The number of amides is 1. The van der Waals surface area contributed by atoms with Gasteiger partial charge in [-0.25, -0.2) is 0 Å². The van der Waals surface area contributed by atoms with Crippen molar-refractivity contribution in [2.75, 3.05) is 6.54 Å². The molecule has 7 nitrogen and oxygen atoms in total. The van der Waals surface area contributed by atoms with Crippen LogP contribution in [-0.4, -0.2) is 36.9 Å². The van der Waals surface area contributed by atoms with Crippen molar-refractivity contribution in [2.45, 2.75) is 38.9 Å².